The molecular formula is C12H15N3O4. The van der Waals surface area contributed by atoms with Gasteiger partial charge in [0, 0.05) is 6.54 Å². The van der Waals surface area contributed by atoms with Gasteiger partial charge in [0.1, 0.15) is 11.5 Å². The van der Waals surface area contributed by atoms with Crippen molar-refractivity contribution in [2.75, 3.05) is 6.54 Å². The second-order valence-electron chi connectivity index (χ2n) is 4.38. The lowest BCUT2D eigenvalue weighted by molar-refractivity contribution is 0.0764. The van der Waals surface area contributed by atoms with Crippen LogP contribution in [0.5, 0.6) is 11.5 Å². The molecule has 1 saturated heterocycles. The van der Waals surface area contributed by atoms with Crippen LogP contribution in [0.4, 0.5) is 0 Å². The van der Waals surface area contributed by atoms with E-state index in [4.69, 9.17) is 10.9 Å². The Kier molecular flexibility index (Phi) is 3.46. The molecule has 1 fully saturated rings. The van der Waals surface area contributed by atoms with Gasteiger partial charge in [0.2, 0.25) is 0 Å². The van der Waals surface area contributed by atoms with Crippen molar-refractivity contribution >= 4 is 11.7 Å². The summed E-state index contributed by atoms with van der Waals surface area (Å²) in [6.45, 7) is 0.453. The molecular weight excluding hydrogens is 250 g/mol. The Morgan fingerprint density at radius 3 is 2.84 bits per heavy atom. The van der Waals surface area contributed by atoms with Crippen LogP contribution in [0.1, 0.15) is 23.2 Å². The quantitative estimate of drug-likeness (QED) is 0.203. The molecule has 1 aliphatic heterocycles. The zero-order chi connectivity index (χ0) is 14.0. The largest absolute Gasteiger partial charge is 0.508 e. The Bertz CT molecular complexity index is 530. The third-order valence-corrected chi connectivity index (χ3v) is 3.18. The number of oxime groups is 1. The zero-order valence-corrected chi connectivity index (χ0v) is 10.2. The predicted molar refractivity (Wildman–Crippen MR) is 67.2 cm³/mol. The molecule has 1 aromatic rings. The Hall–Kier alpha value is -2.44. The molecule has 2 rings (SSSR count). The fraction of sp³-hybridized carbons (Fsp3) is 0.333. The third-order valence-electron chi connectivity index (χ3n) is 3.18. The van der Waals surface area contributed by atoms with Crippen LogP contribution >= 0.6 is 0 Å². The summed E-state index contributed by atoms with van der Waals surface area (Å²) in [6, 6.07) is 3.24. The van der Waals surface area contributed by atoms with E-state index in [1.807, 2.05) is 0 Å². The number of carbonyl (C=O) groups is 1. The van der Waals surface area contributed by atoms with Gasteiger partial charge in [-0.15, -0.1) is 0 Å². The number of phenols is 2. The number of hydrogen-bond donors (Lipinski definition) is 4. The summed E-state index contributed by atoms with van der Waals surface area (Å²) in [5.74, 6) is -0.818. The Labute approximate surface area is 109 Å². The van der Waals surface area contributed by atoms with Crippen molar-refractivity contribution in [1.82, 2.24) is 4.90 Å². The van der Waals surface area contributed by atoms with E-state index >= 15 is 0 Å². The van der Waals surface area contributed by atoms with Crippen molar-refractivity contribution in [3.63, 3.8) is 0 Å². The van der Waals surface area contributed by atoms with Crippen molar-refractivity contribution in [3.8, 4) is 11.5 Å². The van der Waals surface area contributed by atoms with Crippen LogP contribution in [-0.2, 0) is 0 Å². The average molecular weight is 265 g/mol. The molecule has 0 aromatic heterocycles. The maximum atomic E-state index is 12.3. The van der Waals surface area contributed by atoms with Crippen LogP contribution in [0.25, 0.3) is 0 Å². The highest BCUT2D eigenvalue weighted by atomic mass is 16.4. The second-order valence-corrected chi connectivity index (χ2v) is 4.38. The fourth-order valence-corrected chi connectivity index (χ4v) is 2.23. The zero-order valence-electron chi connectivity index (χ0n) is 10.2. The summed E-state index contributed by atoms with van der Waals surface area (Å²) < 4.78 is 0. The number of phenolic OH excluding ortho intramolecular Hbond substituents is 2. The van der Waals surface area contributed by atoms with Crippen LogP contribution in [0, 0.1) is 0 Å². The Morgan fingerprint density at radius 2 is 2.16 bits per heavy atom. The van der Waals surface area contributed by atoms with E-state index in [9.17, 15) is 15.0 Å². The number of amides is 1. The number of likely N-dealkylation sites (tertiary alicyclic amines) is 1. The number of carbonyl (C=O) groups excluding carboxylic acids is 1. The summed E-state index contributed by atoms with van der Waals surface area (Å²) in [7, 11) is 0. The number of rotatable bonds is 2. The predicted octanol–water partition coefficient (Wildman–Crippen LogP) is 0.449. The van der Waals surface area contributed by atoms with Crippen LogP contribution < -0.4 is 5.73 Å². The van der Waals surface area contributed by atoms with Gasteiger partial charge < -0.3 is 26.1 Å². The highest BCUT2D eigenvalue weighted by Gasteiger charge is 2.33. The minimum absolute atomic E-state index is 0.00219. The number of nitrogens with zero attached hydrogens (tertiary/aromatic N) is 2. The van der Waals surface area contributed by atoms with Gasteiger partial charge in [0.25, 0.3) is 5.91 Å². The van der Waals surface area contributed by atoms with E-state index < -0.39 is 11.9 Å². The molecule has 5 N–H and O–H groups in total. The monoisotopic (exact) mass is 265 g/mol. The maximum absolute atomic E-state index is 12.3. The third kappa shape index (κ3) is 2.40. The van der Waals surface area contributed by atoms with Crippen molar-refractivity contribution < 1.29 is 20.2 Å². The molecule has 1 heterocycles. The summed E-state index contributed by atoms with van der Waals surface area (Å²) in [5, 5.41) is 30.7. The van der Waals surface area contributed by atoms with Crippen molar-refractivity contribution in [2.45, 2.75) is 18.9 Å². The minimum atomic E-state index is -0.487. The summed E-state index contributed by atoms with van der Waals surface area (Å²) in [6.07, 6.45) is 1.33. The second kappa shape index (κ2) is 5.05. The number of hydrogen-bond acceptors (Lipinski definition) is 5. The number of benzene rings is 1. The van der Waals surface area contributed by atoms with Crippen LogP contribution in [0.15, 0.2) is 23.4 Å². The maximum Gasteiger partial charge on any atom is 0.258 e. The number of amidine groups is 1. The van der Waals surface area contributed by atoms with Crippen molar-refractivity contribution in [1.29, 1.82) is 0 Å². The highest BCUT2D eigenvalue weighted by molar-refractivity contribution is 6.00. The minimum Gasteiger partial charge on any atom is -0.508 e. The van der Waals surface area contributed by atoms with Crippen LogP contribution in [0.2, 0.25) is 0 Å². The van der Waals surface area contributed by atoms with E-state index in [2.05, 4.69) is 5.16 Å². The molecule has 1 atom stereocenters. The summed E-state index contributed by atoms with van der Waals surface area (Å²) in [4.78, 5) is 13.7. The first-order chi connectivity index (χ1) is 9.04. The van der Waals surface area contributed by atoms with Gasteiger partial charge >= 0.3 is 0 Å². The molecule has 102 valence electrons. The molecule has 19 heavy (non-hydrogen) atoms. The molecule has 7 nitrogen and oxygen atoms in total. The molecule has 1 amide bonds. The van der Waals surface area contributed by atoms with Gasteiger partial charge in [-0.05, 0) is 31.0 Å². The Balaban J connectivity index is 2.31. The number of aromatic hydroxyl groups is 2. The first kappa shape index (κ1) is 13.0. The lowest BCUT2D eigenvalue weighted by Gasteiger charge is -2.23. The first-order valence-electron chi connectivity index (χ1n) is 5.85. The lowest BCUT2D eigenvalue weighted by atomic mass is 10.1. The molecule has 1 unspecified atom stereocenters. The van der Waals surface area contributed by atoms with Crippen LogP contribution in [-0.4, -0.2) is 44.6 Å². The van der Waals surface area contributed by atoms with E-state index in [1.54, 1.807) is 0 Å². The van der Waals surface area contributed by atoms with Crippen molar-refractivity contribution in [3.05, 3.63) is 23.8 Å². The van der Waals surface area contributed by atoms with Gasteiger partial charge in [-0.25, -0.2) is 0 Å². The fourth-order valence-electron chi connectivity index (χ4n) is 2.23. The van der Waals surface area contributed by atoms with Gasteiger partial charge in [-0.1, -0.05) is 5.16 Å². The summed E-state index contributed by atoms with van der Waals surface area (Å²) in [5.41, 5.74) is 5.54. The number of nitrogens with two attached hydrogens (primary N) is 1. The molecule has 0 radical (unpaired) electrons. The molecule has 1 aliphatic rings. The van der Waals surface area contributed by atoms with E-state index in [-0.39, 0.29) is 22.9 Å². The van der Waals surface area contributed by atoms with Crippen molar-refractivity contribution in [2.24, 2.45) is 10.9 Å². The van der Waals surface area contributed by atoms with Gasteiger partial charge in [0.15, 0.2) is 5.84 Å². The smallest absolute Gasteiger partial charge is 0.258 e. The topological polar surface area (TPSA) is 119 Å². The SMILES string of the molecule is N/C(=N/O)C1CCCN1C(=O)c1cc(O)ccc1O. The molecule has 0 saturated carbocycles. The molecule has 1 aromatic carbocycles. The van der Waals surface area contributed by atoms with Gasteiger partial charge in [-0.2, -0.15) is 0 Å². The standard InChI is InChI=1S/C12H15N3O4/c13-11(14-19)9-2-1-5-15(9)12(18)8-6-7(16)3-4-10(8)17/h3-4,6,9,16-17,19H,1-2,5H2,(H2,13,14). The van der Waals surface area contributed by atoms with E-state index in [1.165, 1.54) is 23.1 Å². The summed E-state index contributed by atoms with van der Waals surface area (Å²) >= 11 is 0. The first-order valence-corrected chi connectivity index (χ1v) is 5.85. The highest BCUT2D eigenvalue weighted by Crippen LogP contribution is 2.27. The molecule has 0 bridgehead atoms. The van der Waals surface area contributed by atoms with E-state index in [0.717, 1.165) is 6.42 Å². The molecule has 0 aliphatic carbocycles. The lowest BCUT2D eigenvalue weighted by Crippen LogP contribution is -2.43. The molecule has 0 spiro atoms. The molecule has 7 heteroatoms. The van der Waals surface area contributed by atoms with Gasteiger partial charge in [0.05, 0.1) is 11.6 Å². The van der Waals surface area contributed by atoms with Gasteiger partial charge in [-0.3, -0.25) is 4.79 Å². The van der Waals surface area contributed by atoms with E-state index in [0.29, 0.717) is 13.0 Å². The Morgan fingerprint density at radius 1 is 1.42 bits per heavy atom. The average Bonchev–Trinajstić information content (AvgIpc) is 2.89. The van der Waals surface area contributed by atoms with Crippen LogP contribution in [0.3, 0.4) is 0 Å². The normalized spacial score (nSPS) is 19.7.